The number of ether oxygens (including phenoxy) is 1. The van der Waals surface area contributed by atoms with Gasteiger partial charge in [-0.05, 0) is 68.7 Å². The van der Waals surface area contributed by atoms with Crippen molar-refractivity contribution in [3.63, 3.8) is 0 Å². The molecule has 4 aliphatic rings. The van der Waals surface area contributed by atoms with E-state index in [4.69, 9.17) is 15.2 Å². The second kappa shape index (κ2) is 10.7. The Morgan fingerprint density at radius 3 is 2.62 bits per heavy atom. The van der Waals surface area contributed by atoms with Crippen LogP contribution in [0.3, 0.4) is 0 Å². The Kier molecular flexibility index (Phi) is 7.78. The van der Waals surface area contributed by atoms with Crippen LogP contribution in [0.5, 0.6) is 0 Å². The number of alkyl halides is 1. The first-order chi connectivity index (χ1) is 19.7. The van der Waals surface area contributed by atoms with Gasteiger partial charge in [-0.3, -0.25) is 29.8 Å². The summed E-state index contributed by atoms with van der Waals surface area (Å²) in [5.41, 5.74) is -5.15. The zero-order valence-electron chi connectivity index (χ0n) is 23.8. The summed E-state index contributed by atoms with van der Waals surface area (Å²) in [6.07, 6.45) is 3.59. The number of aliphatic hydroxyl groups is 2. The molecule has 4 aliphatic carbocycles. The molecule has 1 aromatic rings. The van der Waals surface area contributed by atoms with Crippen molar-refractivity contribution in [1.29, 1.82) is 0 Å². The lowest BCUT2D eigenvalue weighted by Crippen LogP contribution is -2.69. The van der Waals surface area contributed by atoms with Gasteiger partial charge >= 0.3 is 5.97 Å². The predicted molar refractivity (Wildman–Crippen MR) is 142 cm³/mol. The van der Waals surface area contributed by atoms with Crippen LogP contribution < -0.4 is 0 Å². The first-order valence-electron chi connectivity index (χ1n) is 14.1. The lowest BCUT2D eigenvalue weighted by atomic mass is 9.44. The van der Waals surface area contributed by atoms with Gasteiger partial charge in [0, 0.05) is 16.7 Å². The van der Waals surface area contributed by atoms with E-state index in [0.717, 1.165) is 0 Å². The first-order valence-corrected chi connectivity index (χ1v) is 14.1. The molecule has 0 spiro atoms. The molecule has 2 unspecified atom stereocenters. The molecule has 0 saturated heterocycles. The monoisotopic (exact) mass is 588 g/mol. The number of fused-ring (bicyclic) bond motifs is 5. The van der Waals surface area contributed by atoms with Crippen LogP contribution in [-0.4, -0.2) is 72.5 Å². The first kappa shape index (κ1) is 30.6. The number of halogens is 1. The van der Waals surface area contributed by atoms with Crippen molar-refractivity contribution in [3.05, 3.63) is 53.4 Å². The molecule has 0 bridgehead atoms. The molecular formula is C30H37FN2O9. The molecule has 0 radical (unpaired) electrons. The summed E-state index contributed by atoms with van der Waals surface area (Å²) in [5.74, 6) is -3.36. The highest BCUT2D eigenvalue weighted by Gasteiger charge is 2.75. The standard InChI is InChI=1S/C30H37FN2O9/c1-17-11-23-22-8-7-18-12-21(34)9-10-27(18,2)29(22,31)24(35)14-28(23,3)30(17,38)25(36)16-41-26(37)13-19-5-4-6-20(32-19)15-42-33(39)40/h4-6,9-10,12,17,22-24,35,38-40H,7-8,11,13-16H2,1-3H3/t17-,22?,23?,24+,27+,28+,29+,30+/m1/s1. The summed E-state index contributed by atoms with van der Waals surface area (Å²) in [6, 6.07) is 4.69. The highest BCUT2D eigenvalue weighted by Crippen LogP contribution is 2.70. The van der Waals surface area contributed by atoms with Gasteiger partial charge in [-0.25, -0.2) is 9.23 Å². The van der Waals surface area contributed by atoms with Crippen LogP contribution in [-0.2, 0) is 37.0 Å². The molecule has 0 amide bonds. The summed E-state index contributed by atoms with van der Waals surface area (Å²) in [7, 11) is 0. The summed E-state index contributed by atoms with van der Waals surface area (Å²) >= 11 is 0. The Balaban J connectivity index is 1.31. The van der Waals surface area contributed by atoms with Crippen molar-refractivity contribution >= 4 is 17.5 Å². The molecule has 1 heterocycles. The van der Waals surface area contributed by atoms with E-state index in [1.807, 2.05) is 0 Å². The van der Waals surface area contributed by atoms with E-state index in [9.17, 15) is 24.6 Å². The maximum Gasteiger partial charge on any atom is 0.312 e. The number of rotatable bonds is 8. The fourth-order valence-electron chi connectivity index (χ4n) is 8.43. The molecule has 8 atom stereocenters. The van der Waals surface area contributed by atoms with Crippen LogP contribution in [0.2, 0.25) is 0 Å². The summed E-state index contributed by atoms with van der Waals surface area (Å²) < 4.78 is 22.5. The summed E-state index contributed by atoms with van der Waals surface area (Å²) in [4.78, 5) is 46.9. The largest absolute Gasteiger partial charge is 0.457 e. The van der Waals surface area contributed by atoms with Crippen LogP contribution in [0, 0.1) is 28.6 Å². The minimum Gasteiger partial charge on any atom is -0.457 e. The Morgan fingerprint density at radius 2 is 1.90 bits per heavy atom. The SMILES string of the molecule is C[C@@H]1CC2C3CCC4=CC(=O)C=C[C@]4(C)[C@@]3(F)[C@@H](O)C[C@]2(C)[C@@]1(O)C(=O)COC(=O)Cc1cccc(CON(O)O)n1. The highest BCUT2D eigenvalue weighted by molar-refractivity contribution is 6.01. The molecule has 228 valence electrons. The fraction of sp³-hybridized carbons (Fsp3) is 0.600. The zero-order chi connectivity index (χ0) is 30.7. The Hall–Kier alpha value is -2.87. The average molecular weight is 589 g/mol. The molecule has 1 aromatic heterocycles. The number of Topliss-reactive ketones (excluding diaryl/α,β-unsaturated/α-hetero) is 1. The Morgan fingerprint density at radius 1 is 1.19 bits per heavy atom. The van der Waals surface area contributed by atoms with E-state index in [1.54, 1.807) is 45.0 Å². The third kappa shape index (κ3) is 4.56. The van der Waals surface area contributed by atoms with Crippen LogP contribution in [0.25, 0.3) is 0 Å². The number of allylic oxidation sites excluding steroid dienone is 4. The van der Waals surface area contributed by atoms with Gasteiger partial charge in [0.05, 0.1) is 29.3 Å². The molecule has 3 fully saturated rings. The lowest BCUT2D eigenvalue weighted by molar-refractivity contribution is -0.497. The lowest BCUT2D eigenvalue weighted by Gasteiger charge is -2.62. The third-order valence-electron chi connectivity index (χ3n) is 10.5. The molecular weight excluding hydrogens is 551 g/mol. The van der Waals surface area contributed by atoms with Crippen molar-refractivity contribution < 1.29 is 49.0 Å². The maximum absolute atomic E-state index is 17.3. The number of esters is 1. The van der Waals surface area contributed by atoms with Crippen molar-refractivity contribution in [2.45, 2.75) is 76.9 Å². The predicted octanol–water partition coefficient (Wildman–Crippen LogP) is 2.60. The van der Waals surface area contributed by atoms with Gasteiger partial charge in [0.1, 0.15) is 12.2 Å². The number of pyridine rings is 1. The minimum absolute atomic E-state index is 0.173. The highest BCUT2D eigenvalue weighted by atomic mass is 19.1. The van der Waals surface area contributed by atoms with E-state index in [0.29, 0.717) is 36.2 Å². The van der Waals surface area contributed by atoms with E-state index in [-0.39, 0.29) is 25.2 Å². The molecule has 12 heteroatoms. The summed E-state index contributed by atoms with van der Waals surface area (Å²) in [5, 5.41) is 40.4. The molecule has 4 N–H and O–H groups in total. The zero-order valence-corrected chi connectivity index (χ0v) is 23.8. The van der Waals surface area contributed by atoms with Crippen molar-refractivity contribution in [1.82, 2.24) is 10.4 Å². The number of nitrogens with zero attached hydrogens (tertiary/aromatic N) is 2. The van der Waals surface area contributed by atoms with Crippen LogP contribution in [0.4, 0.5) is 4.39 Å². The Labute approximate surface area is 242 Å². The number of aromatic nitrogens is 1. The molecule has 11 nitrogen and oxygen atoms in total. The number of aliphatic hydroxyl groups excluding tert-OH is 1. The fourth-order valence-corrected chi connectivity index (χ4v) is 8.43. The number of ketones is 2. The van der Waals surface area contributed by atoms with Crippen LogP contribution >= 0.6 is 0 Å². The average Bonchev–Trinajstić information content (AvgIpc) is 3.13. The van der Waals surface area contributed by atoms with Gasteiger partial charge in [-0.2, -0.15) is 0 Å². The second-order valence-corrected chi connectivity index (χ2v) is 12.6. The molecule has 5 rings (SSSR count). The van der Waals surface area contributed by atoms with Gasteiger partial charge in [-0.1, -0.05) is 31.6 Å². The van der Waals surface area contributed by atoms with Gasteiger partial charge in [0.15, 0.2) is 18.1 Å². The summed E-state index contributed by atoms with van der Waals surface area (Å²) in [6.45, 7) is 4.18. The van der Waals surface area contributed by atoms with Gasteiger partial charge in [0.2, 0.25) is 5.78 Å². The number of carbonyl (C=O) groups excluding carboxylic acids is 3. The van der Waals surface area contributed by atoms with E-state index >= 15 is 4.39 Å². The second-order valence-electron chi connectivity index (χ2n) is 12.6. The quantitative estimate of drug-likeness (QED) is 0.260. The van der Waals surface area contributed by atoms with Gasteiger partial charge < -0.3 is 14.9 Å². The molecule has 3 saturated carbocycles. The number of hydrogen-bond acceptors (Lipinski definition) is 11. The molecule has 42 heavy (non-hydrogen) atoms. The van der Waals surface area contributed by atoms with Gasteiger partial charge in [-0.15, -0.1) is 0 Å². The molecule has 0 aromatic carbocycles. The smallest absolute Gasteiger partial charge is 0.312 e. The maximum atomic E-state index is 17.3. The normalized spacial score (nSPS) is 38.9. The Bertz CT molecular complexity index is 1350. The third-order valence-corrected chi connectivity index (χ3v) is 10.5. The minimum atomic E-state index is -2.09. The van der Waals surface area contributed by atoms with Crippen LogP contribution in [0.1, 0.15) is 57.8 Å². The van der Waals surface area contributed by atoms with Crippen LogP contribution in [0.15, 0.2) is 42.0 Å². The number of carbonyl (C=O) groups is 3. The molecule has 0 aliphatic heterocycles. The van der Waals surface area contributed by atoms with E-state index < -0.39 is 69.7 Å². The van der Waals surface area contributed by atoms with Crippen molar-refractivity contribution in [3.8, 4) is 0 Å². The number of hydrogen-bond donors (Lipinski definition) is 4. The topological polar surface area (TPSA) is 167 Å². The van der Waals surface area contributed by atoms with E-state index in [2.05, 4.69) is 9.82 Å². The van der Waals surface area contributed by atoms with E-state index in [1.165, 1.54) is 12.2 Å². The van der Waals surface area contributed by atoms with Gasteiger partial charge in [0.25, 0.3) is 0 Å². The van der Waals surface area contributed by atoms with Crippen molar-refractivity contribution in [2.24, 2.45) is 28.6 Å². The van der Waals surface area contributed by atoms with Crippen molar-refractivity contribution in [2.75, 3.05) is 6.61 Å².